The van der Waals surface area contributed by atoms with Crippen LogP contribution in [0.4, 0.5) is 0 Å². The second-order valence-corrected chi connectivity index (χ2v) is 20.3. The van der Waals surface area contributed by atoms with Crippen LogP contribution in [0.2, 0.25) is 22.2 Å². The van der Waals surface area contributed by atoms with Crippen molar-refractivity contribution in [1.29, 1.82) is 0 Å². The van der Waals surface area contributed by atoms with Gasteiger partial charge in [-0.25, -0.2) is 4.79 Å². The maximum absolute atomic E-state index is 12.8. The minimum atomic E-state index is -2.88. The Bertz CT molecular complexity index is 1000. The molecule has 4 heterocycles. The van der Waals surface area contributed by atoms with Gasteiger partial charge in [0.2, 0.25) is 0 Å². The van der Waals surface area contributed by atoms with Gasteiger partial charge in [-0.2, -0.15) is 0 Å². The molecule has 35 heavy (non-hydrogen) atoms. The smallest absolute Gasteiger partial charge is 0.335 e. The van der Waals surface area contributed by atoms with E-state index in [0.29, 0.717) is 19.6 Å². The van der Waals surface area contributed by atoms with Crippen LogP contribution in [-0.4, -0.2) is 57.7 Å². The van der Waals surface area contributed by atoms with Crippen LogP contribution in [0.25, 0.3) is 0 Å². The van der Waals surface area contributed by atoms with Crippen LogP contribution >= 0.6 is 0 Å². The monoisotopic (exact) mass is 526 g/mol. The van der Waals surface area contributed by atoms with Crippen molar-refractivity contribution in [2.24, 2.45) is 0 Å². The molecule has 1 aromatic heterocycles. The van der Waals surface area contributed by atoms with Gasteiger partial charge in [0.25, 0.3) is 5.56 Å². The van der Waals surface area contributed by atoms with Crippen molar-refractivity contribution in [2.75, 3.05) is 13.2 Å². The lowest BCUT2D eigenvalue weighted by atomic mass is 9.91. The molecule has 0 bridgehead atoms. The second-order valence-electron chi connectivity index (χ2n) is 11.5. The molecule has 0 amide bonds. The minimum absolute atomic E-state index is 0.169. The standard InChI is InChI=1S/C24H42N2O7Si2/c1-15(2)34(16(3)4)30-14-19-21(32-35(33-34,17(5)6)18(7)8)24(11-9-13-29-24)22(31-19)26-12-10-20(27)25-23(26)28/h10,12,15-19,21-22H,9,11,13-14H2,1-8H3,(H,25,27,28)/t19?,21?,22?,24-/m0/s1. The fourth-order valence-corrected chi connectivity index (χ4v) is 17.5. The maximum atomic E-state index is 12.8. The lowest BCUT2D eigenvalue weighted by Gasteiger charge is -2.52. The molecular formula is C24H42N2O7Si2. The number of H-pyrrole nitrogens is 1. The third kappa shape index (κ3) is 4.26. The van der Waals surface area contributed by atoms with Gasteiger partial charge in [0, 0.05) is 18.9 Å². The van der Waals surface area contributed by atoms with Crippen LogP contribution in [0.1, 0.15) is 74.5 Å². The van der Waals surface area contributed by atoms with Crippen LogP contribution in [0, 0.1) is 0 Å². The van der Waals surface area contributed by atoms with E-state index in [1.165, 1.54) is 16.8 Å². The molecule has 3 unspecified atom stereocenters. The molecule has 0 aromatic carbocycles. The normalized spacial score (nSPS) is 32.5. The largest absolute Gasteiger partial charge is 0.414 e. The Morgan fingerprint density at radius 1 is 1.00 bits per heavy atom. The van der Waals surface area contributed by atoms with Crippen molar-refractivity contribution in [1.82, 2.24) is 9.55 Å². The fraction of sp³-hybridized carbons (Fsp3) is 0.833. The predicted octanol–water partition coefficient (Wildman–Crippen LogP) is 3.94. The predicted molar refractivity (Wildman–Crippen MR) is 137 cm³/mol. The summed E-state index contributed by atoms with van der Waals surface area (Å²) in [5.41, 5.74) is -1.04. The number of hydrogen-bond acceptors (Lipinski definition) is 7. The molecule has 0 aliphatic carbocycles. The van der Waals surface area contributed by atoms with Gasteiger partial charge in [0.15, 0.2) is 6.23 Å². The summed E-state index contributed by atoms with van der Waals surface area (Å²) in [6.07, 6.45) is 1.41. The van der Waals surface area contributed by atoms with Crippen LogP contribution in [0.15, 0.2) is 21.9 Å². The minimum Gasteiger partial charge on any atom is -0.414 e. The molecule has 3 aliphatic heterocycles. The van der Waals surface area contributed by atoms with Crippen molar-refractivity contribution in [3.63, 3.8) is 0 Å². The molecule has 1 spiro atoms. The van der Waals surface area contributed by atoms with Crippen molar-refractivity contribution in [3.05, 3.63) is 33.1 Å². The first-order chi connectivity index (χ1) is 16.4. The zero-order valence-electron chi connectivity index (χ0n) is 22.3. The molecule has 1 aromatic rings. The first-order valence-electron chi connectivity index (χ1n) is 13.0. The van der Waals surface area contributed by atoms with Gasteiger partial charge in [-0.3, -0.25) is 14.3 Å². The topological polar surface area (TPSA) is 101 Å². The van der Waals surface area contributed by atoms with E-state index in [-0.39, 0.29) is 22.2 Å². The molecule has 4 rings (SSSR count). The summed E-state index contributed by atoms with van der Waals surface area (Å²) in [7, 11) is -5.59. The average Bonchev–Trinajstić information content (AvgIpc) is 3.34. The van der Waals surface area contributed by atoms with Crippen LogP contribution in [-0.2, 0) is 22.4 Å². The van der Waals surface area contributed by atoms with E-state index in [4.69, 9.17) is 22.4 Å². The molecule has 4 atom stereocenters. The Kier molecular flexibility index (Phi) is 7.44. The van der Waals surface area contributed by atoms with Crippen molar-refractivity contribution < 1.29 is 22.4 Å². The molecule has 3 aliphatic rings. The van der Waals surface area contributed by atoms with E-state index < -0.39 is 52.4 Å². The zero-order valence-corrected chi connectivity index (χ0v) is 24.3. The number of rotatable bonds is 5. The van der Waals surface area contributed by atoms with Crippen molar-refractivity contribution in [3.8, 4) is 0 Å². The Morgan fingerprint density at radius 2 is 1.63 bits per heavy atom. The van der Waals surface area contributed by atoms with Gasteiger partial charge < -0.3 is 22.4 Å². The number of nitrogens with zero attached hydrogens (tertiary/aromatic N) is 1. The van der Waals surface area contributed by atoms with Gasteiger partial charge in [-0.15, -0.1) is 0 Å². The molecule has 3 saturated heterocycles. The summed E-state index contributed by atoms with van der Waals surface area (Å²) in [5, 5.41) is 0. The first kappa shape index (κ1) is 27.0. The fourth-order valence-electron chi connectivity index (χ4n) is 6.25. The summed E-state index contributed by atoms with van der Waals surface area (Å²) in [6.45, 7) is 18.4. The average molecular weight is 527 g/mol. The van der Waals surface area contributed by atoms with E-state index in [1.54, 1.807) is 0 Å². The molecule has 11 heteroatoms. The Labute approximate surface area is 210 Å². The Morgan fingerprint density at radius 3 is 2.14 bits per heavy atom. The number of aromatic nitrogens is 2. The molecule has 198 valence electrons. The van der Waals surface area contributed by atoms with Gasteiger partial charge in [-0.1, -0.05) is 55.4 Å². The van der Waals surface area contributed by atoms with Gasteiger partial charge in [0.05, 0.1) is 6.61 Å². The summed E-state index contributed by atoms with van der Waals surface area (Å²) in [5.74, 6) is 0. The highest BCUT2D eigenvalue weighted by atomic mass is 28.5. The Hall–Kier alpha value is -1.09. The molecule has 0 radical (unpaired) electrons. The second kappa shape index (κ2) is 9.66. The van der Waals surface area contributed by atoms with Crippen LogP contribution in [0.5, 0.6) is 0 Å². The third-order valence-electron chi connectivity index (χ3n) is 8.05. The summed E-state index contributed by atoms with van der Waals surface area (Å²) in [4.78, 5) is 26.9. The van der Waals surface area contributed by atoms with E-state index in [1.807, 2.05) is 0 Å². The summed E-state index contributed by atoms with van der Waals surface area (Å²) in [6, 6.07) is 1.34. The first-order valence-corrected chi connectivity index (χ1v) is 17.0. The van der Waals surface area contributed by atoms with Gasteiger partial charge in [0.1, 0.15) is 17.8 Å². The highest BCUT2D eigenvalue weighted by Crippen LogP contribution is 2.54. The number of fused-ring (bicyclic) bond motifs is 2. The highest BCUT2D eigenvalue weighted by Gasteiger charge is 2.67. The summed E-state index contributed by atoms with van der Waals surface area (Å²) >= 11 is 0. The van der Waals surface area contributed by atoms with E-state index >= 15 is 0 Å². The lowest BCUT2D eigenvalue weighted by Crippen LogP contribution is -2.67. The zero-order chi connectivity index (χ0) is 25.8. The van der Waals surface area contributed by atoms with Crippen LogP contribution < -0.4 is 11.2 Å². The molecule has 3 fully saturated rings. The highest BCUT2D eigenvalue weighted by molar-refractivity contribution is 6.84. The number of ether oxygens (including phenoxy) is 2. The van der Waals surface area contributed by atoms with E-state index in [2.05, 4.69) is 60.4 Å². The number of aromatic amines is 1. The maximum Gasteiger partial charge on any atom is 0.335 e. The molecular weight excluding hydrogens is 484 g/mol. The van der Waals surface area contributed by atoms with Gasteiger partial charge in [-0.05, 0) is 35.0 Å². The van der Waals surface area contributed by atoms with E-state index in [0.717, 1.165) is 6.42 Å². The SMILES string of the molecule is CC(C)[Si]1(C(C)C)OCC2OC(n3ccc(=O)[nH]c3=O)[C@]3(CCCO3)C2O[Si](C(C)C)(C(C)C)O1. The Balaban J connectivity index is 1.87. The lowest BCUT2D eigenvalue weighted by molar-refractivity contribution is -0.121. The van der Waals surface area contributed by atoms with E-state index in [9.17, 15) is 9.59 Å². The molecule has 1 N–H and O–H groups in total. The van der Waals surface area contributed by atoms with Crippen LogP contribution in [0.3, 0.4) is 0 Å². The summed E-state index contributed by atoms with van der Waals surface area (Å²) < 4.78 is 35.9. The third-order valence-corrected chi connectivity index (χ3v) is 18.3. The number of hydrogen-bond donors (Lipinski definition) is 1. The van der Waals surface area contributed by atoms with Crippen molar-refractivity contribution >= 4 is 17.1 Å². The molecule has 9 nitrogen and oxygen atoms in total. The quantitative estimate of drug-likeness (QED) is 0.580. The number of nitrogens with one attached hydrogen (secondary N) is 1. The molecule has 0 saturated carbocycles. The van der Waals surface area contributed by atoms with Gasteiger partial charge >= 0.3 is 22.8 Å². The van der Waals surface area contributed by atoms with Crippen molar-refractivity contribution in [2.45, 2.75) is 114 Å².